The highest BCUT2D eigenvalue weighted by Crippen LogP contribution is 2.39. The van der Waals surface area contributed by atoms with Gasteiger partial charge in [-0.15, -0.1) is 0 Å². The van der Waals surface area contributed by atoms with Gasteiger partial charge in [-0.25, -0.2) is 19.4 Å². The van der Waals surface area contributed by atoms with Gasteiger partial charge in [0.25, 0.3) is 0 Å². The Morgan fingerprint density at radius 2 is 1.09 bits per heavy atom. The van der Waals surface area contributed by atoms with Gasteiger partial charge in [0.2, 0.25) is 0 Å². The summed E-state index contributed by atoms with van der Waals surface area (Å²) < 4.78 is 29.4. The zero-order valence-corrected chi connectivity index (χ0v) is 30.8. The van der Waals surface area contributed by atoms with Crippen molar-refractivity contribution in [3.63, 3.8) is 0 Å². The maximum atomic E-state index is 13.3. The van der Waals surface area contributed by atoms with Crippen molar-refractivity contribution >= 4 is 29.1 Å². The van der Waals surface area contributed by atoms with E-state index in [1.54, 1.807) is 53.7 Å². The first-order valence-corrected chi connectivity index (χ1v) is 17.2. The fraction of sp³-hybridized carbons (Fsp3) is 0.286. The van der Waals surface area contributed by atoms with E-state index in [4.69, 9.17) is 28.5 Å². The second-order valence-electron chi connectivity index (χ2n) is 14.1. The summed E-state index contributed by atoms with van der Waals surface area (Å²) in [6.45, 7) is 10.0. The van der Waals surface area contributed by atoms with Gasteiger partial charge in [-0.1, -0.05) is 96.1 Å². The normalized spacial score (nSPS) is 11.4. The molecule has 0 atom stereocenters. The first-order chi connectivity index (χ1) is 25.3. The summed E-state index contributed by atoms with van der Waals surface area (Å²) in [6.07, 6.45) is -2.14. The highest BCUT2D eigenvalue weighted by Gasteiger charge is 2.33. The van der Waals surface area contributed by atoms with E-state index in [2.05, 4.69) is 4.98 Å². The molecule has 0 aliphatic heterocycles. The minimum absolute atomic E-state index is 0.0661. The lowest BCUT2D eigenvalue weighted by Gasteiger charge is -2.28. The molecule has 0 radical (unpaired) electrons. The minimum atomic E-state index is -1.07. The average Bonchev–Trinajstić information content (AvgIpc) is 3.12. The molecule has 1 heterocycles. The lowest BCUT2D eigenvalue weighted by Crippen LogP contribution is -2.43. The van der Waals surface area contributed by atoms with Crippen LogP contribution in [0.25, 0.3) is 10.9 Å². The van der Waals surface area contributed by atoms with E-state index >= 15 is 0 Å². The highest BCUT2D eigenvalue weighted by atomic mass is 16.8. The first kappa shape index (κ1) is 38.3. The van der Waals surface area contributed by atoms with Crippen LogP contribution in [0.3, 0.4) is 0 Å². The quantitative estimate of drug-likeness (QED) is 0.0700. The number of hydroxylamine groups is 2. The summed E-state index contributed by atoms with van der Waals surface area (Å²) in [6, 6.07) is 33.3. The maximum Gasteiger partial charge on any atom is 0.444 e. The number of rotatable bonds is 12. The van der Waals surface area contributed by atoms with Crippen LogP contribution in [0.15, 0.2) is 109 Å². The third kappa shape index (κ3) is 11.3. The monoisotopic (exact) mass is 720 g/mol. The van der Waals surface area contributed by atoms with E-state index in [1.807, 2.05) is 91.0 Å². The Morgan fingerprint density at radius 3 is 1.60 bits per heavy atom. The first-order valence-electron chi connectivity index (χ1n) is 17.2. The van der Waals surface area contributed by atoms with Gasteiger partial charge in [-0.2, -0.15) is 0 Å². The molecule has 0 aliphatic carbocycles. The topological polar surface area (TPSA) is 123 Å². The number of pyridine rings is 1. The molecule has 0 bridgehead atoms. The third-order valence-electron chi connectivity index (χ3n) is 7.36. The molecule has 4 aromatic carbocycles. The van der Waals surface area contributed by atoms with Gasteiger partial charge in [0.1, 0.15) is 43.3 Å². The number of hydrogen-bond acceptors (Lipinski definition) is 10. The number of benzene rings is 4. The van der Waals surface area contributed by atoms with Crippen LogP contribution in [-0.4, -0.2) is 39.4 Å². The minimum Gasteiger partial charge on any atom is -0.485 e. The molecule has 0 saturated heterocycles. The van der Waals surface area contributed by atoms with Gasteiger partial charge in [0.15, 0.2) is 11.5 Å². The number of carbonyl (C=O) groups is 3. The molecule has 5 aromatic rings. The number of hydrogen-bond donors (Lipinski definition) is 0. The van der Waals surface area contributed by atoms with Gasteiger partial charge in [0, 0.05) is 17.0 Å². The predicted molar refractivity (Wildman–Crippen MR) is 198 cm³/mol. The van der Waals surface area contributed by atoms with Gasteiger partial charge >= 0.3 is 18.2 Å². The van der Waals surface area contributed by atoms with Crippen molar-refractivity contribution in [2.75, 3.05) is 0 Å². The van der Waals surface area contributed by atoms with Crippen LogP contribution in [0.2, 0.25) is 0 Å². The molecule has 5 rings (SSSR count). The number of carbonyl (C=O) groups excluding carboxylic acids is 3. The second-order valence-corrected chi connectivity index (χ2v) is 14.1. The van der Waals surface area contributed by atoms with Crippen molar-refractivity contribution in [3.8, 4) is 11.5 Å². The van der Waals surface area contributed by atoms with E-state index < -0.39 is 29.4 Å². The van der Waals surface area contributed by atoms with Crippen molar-refractivity contribution < 1.29 is 42.9 Å². The molecule has 1 aromatic heterocycles. The molecule has 0 N–H and O–H groups in total. The van der Waals surface area contributed by atoms with Gasteiger partial charge in [-0.3, -0.25) is 4.84 Å². The molecule has 0 unspecified atom stereocenters. The largest absolute Gasteiger partial charge is 0.485 e. The summed E-state index contributed by atoms with van der Waals surface area (Å²) >= 11 is 0. The Labute approximate surface area is 309 Å². The third-order valence-corrected chi connectivity index (χ3v) is 7.36. The number of esters is 1. The molecule has 0 aliphatic rings. The summed E-state index contributed by atoms with van der Waals surface area (Å²) in [5, 5.41) is 0.955. The van der Waals surface area contributed by atoms with Crippen molar-refractivity contribution in [2.45, 2.75) is 79.2 Å². The maximum absolute atomic E-state index is 13.3. The van der Waals surface area contributed by atoms with Gasteiger partial charge in [0.05, 0.1) is 5.52 Å². The fourth-order valence-electron chi connectivity index (χ4n) is 5.00. The van der Waals surface area contributed by atoms with Gasteiger partial charge < -0.3 is 23.7 Å². The molecule has 0 saturated carbocycles. The molecule has 53 heavy (non-hydrogen) atoms. The molecule has 11 heteroatoms. The summed E-state index contributed by atoms with van der Waals surface area (Å²) in [7, 11) is 0. The number of ether oxygens (including phenoxy) is 5. The lowest BCUT2D eigenvalue weighted by atomic mass is 10.1. The van der Waals surface area contributed by atoms with E-state index in [0.29, 0.717) is 27.3 Å². The lowest BCUT2D eigenvalue weighted by molar-refractivity contribution is -0.146. The Kier molecular flexibility index (Phi) is 12.3. The fourth-order valence-corrected chi connectivity index (χ4v) is 5.00. The Balaban J connectivity index is 1.57. The van der Waals surface area contributed by atoms with Crippen molar-refractivity contribution in [2.24, 2.45) is 0 Å². The van der Waals surface area contributed by atoms with E-state index in [1.165, 1.54) is 6.07 Å². The summed E-state index contributed by atoms with van der Waals surface area (Å²) in [4.78, 5) is 50.5. The van der Waals surface area contributed by atoms with E-state index in [0.717, 1.165) is 16.7 Å². The predicted octanol–water partition coefficient (Wildman–Crippen LogP) is 9.35. The molecule has 0 spiro atoms. The van der Waals surface area contributed by atoms with Crippen LogP contribution in [0.1, 0.15) is 74.3 Å². The summed E-state index contributed by atoms with van der Waals surface area (Å²) in [5.74, 6) is -0.0446. The zero-order chi connectivity index (χ0) is 38.0. The molecule has 0 fully saturated rings. The van der Waals surface area contributed by atoms with Crippen LogP contribution in [-0.2, 0) is 45.5 Å². The molecule has 276 valence electrons. The SMILES string of the molecule is CC(C)(C)OC(=O)N(OCc1c(OCc2ccccc2)c(OCc2ccccc2)cc2nc(C(=O)OCc3ccccc3)ccc12)C(=O)OC(C)(C)C. The molecular weight excluding hydrogens is 676 g/mol. The van der Waals surface area contributed by atoms with E-state index in [-0.39, 0.29) is 37.9 Å². The highest BCUT2D eigenvalue weighted by molar-refractivity contribution is 5.93. The van der Waals surface area contributed by atoms with Crippen molar-refractivity contribution in [1.82, 2.24) is 10.0 Å². The Morgan fingerprint density at radius 1 is 0.604 bits per heavy atom. The van der Waals surface area contributed by atoms with Crippen LogP contribution in [0.4, 0.5) is 9.59 Å². The zero-order valence-electron chi connectivity index (χ0n) is 30.8. The van der Waals surface area contributed by atoms with Crippen molar-refractivity contribution in [1.29, 1.82) is 0 Å². The second kappa shape index (κ2) is 17.1. The van der Waals surface area contributed by atoms with Crippen LogP contribution in [0.5, 0.6) is 11.5 Å². The standard InChI is InChI=1S/C42H44N2O9/c1-41(2,3)52-39(46)44(40(47)53-42(4,5)6)51-28-33-32-22-23-34(38(45)50-27-31-20-14-9-15-21-31)43-35(32)24-36(48-25-29-16-10-7-11-17-29)37(33)49-26-30-18-12-8-13-19-30/h7-24H,25-28H2,1-6H3. The number of nitrogens with zero attached hydrogens (tertiary/aromatic N) is 2. The van der Waals surface area contributed by atoms with Gasteiger partial charge in [-0.05, 0) is 70.4 Å². The van der Waals surface area contributed by atoms with E-state index in [9.17, 15) is 14.4 Å². The molecular formula is C42H44N2O9. The van der Waals surface area contributed by atoms with Crippen LogP contribution in [0, 0.1) is 0 Å². The number of fused-ring (bicyclic) bond motifs is 1. The summed E-state index contributed by atoms with van der Waals surface area (Å²) in [5.41, 5.74) is 1.52. The number of amides is 2. The molecule has 2 amide bonds. The number of aromatic nitrogens is 1. The Hall–Kier alpha value is -5.94. The van der Waals surface area contributed by atoms with Crippen molar-refractivity contribution in [3.05, 3.63) is 137 Å². The van der Waals surface area contributed by atoms with Crippen LogP contribution >= 0.6 is 0 Å². The Bertz CT molecular complexity index is 1980. The van der Waals surface area contributed by atoms with Crippen LogP contribution < -0.4 is 9.47 Å². The number of imide groups is 1. The molecule has 11 nitrogen and oxygen atoms in total. The average molecular weight is 721 g/mol. The smallest absolute Gasteiger partial charge is 0.444 e.